The Morgan fingerprint density at radius 1 is 1.27 bits per heavy atom. The molecule has 9 heteroatoms. The largest absolute Gasteiger partial charge is 0.459 e. The lowest BCUT2D eigenvalue weighted by molar-refractivity contribution is -0.0598. The number of aromatic nitrogens is 2. The number of rotatable bonds is 4. The second-order valence-corrected chi connectivity index (χ2v) is 6.05. The fourth-order valence-electron chi connectivity index (χ4n) is 2.65. The van der Waals surface area contributed by atoms with E-state index in [0.29, 0.717) is 5.56 Å². The van der Waals surface area contributed by atoms with Gasteiger partial charge in [-0.2, -0.15) is 4.98 Å². The minimum absolute atomic E-state index is 0.0304. The van der Waals surface area contributed by atoms with Gasteiger partial charge >= 0.3 is 11.7 Å². The topological polar surface area (TPSA) is 137 Å². The van der Waals surface area contributed by atoms with Gasteiger partial charge in [0.25, 0.3) is 0 Å². The smallest absolute Gasteiger partial charge is 0.351 e. The highest BCUT2D eigenvalue weighted by molar-refractivity contribution is 5.89. The fraction of sp³-hybridized carbons (Fsp3) is 0.353. The zero-order valence-electron chi connectivity index (χ0n) is 14.0. The number of hydrogen-bond acceptors (Lipinski definition) is 8. The van der Waals surface area contributed by atoms with Crippen molar-refractivity contribution in [3.8, 4) is 0 Å². The molecule has 0 spiro atoms. The maximum absolute atomic E-state index is 12.0. The molecule has 0 amide bonds. The Kier molecular flexibility index (Phi) is 5.03. The first-order valence-corrected chi connectivity index (χ1v) is 7.97. The summed E-state index contributed by atoms with van der Waals surface area (Å²) in [6.45, 7) is 1.62. The zero-order valence-corrected chi connectivity index (χ0v) is 14.0. The lowest BCUT2D eigenvalue weighted by Crippen LogP contribution is -2.36. The summed E-state index contributed by atoms with van der Waals surface area (Å²) in [7, 11) is 0. The first-order valence-electron chi connectivity index (χ1n) is 7.97. The molecule has 0 unspecified atom stereocenters. The summed E-state index contributed by atoms with van der Waals surface area (Å²) in [5.74, 6) is -0.548. The molecule has 1 aromatic carbocycles. The van der Waals surface area contributed by atoms with Crippen LogP contribution < -0.4 is 11.4 Å². The minimum atomic E-state index is -1.39. The van der Waals surface area contributed by atoms with Crippen LogP contribution in [0.25, 0.3) is 0 Å². The van der Waals surface area contributed by atoms with Crippen molar-refractivity contribution in [2.24, 2.45) is 0 Å². The van der Waals surface area contributed by atoms with Crippen LogP contribution in [-0.4, -0.2) is 50.7 Å². The minimum Gasteiger partial charge on any atom is -0.459 e. The number of anilines is 1. The van der Waals surface area contributed by atoms with Crippen molar-refractivity contribution >= 4 is 11.8 Å². The van der Waals surface area contributed by atoms with E-state index in [1.807, 2.05) is 6.92 Å². The zero-order chi connectivity index (χ0) is 18.8. The van der Waals surface area contributed by atoms with Gasteiger partial charge in [-0.15, -0.1) is 0 Å². The number of nitrogens with two attached hydrogens (primary N) is 1. The molecule has 9 nitrogen and oxygen atoms in total. The van der Waals surface area contributed by atoms with Crippen LogP contribution in [0.15, 0.2) is 41.3 Å². The summed E-state index contributed by atoms with van der Waals surface area (Å²) in [6, 6.07) is 8.17. The van der Waals surface area contributed by atoms with Gasteiger partial charge in [0.05, 0.1) is 5.56 Å². The quantitative estimate of drug-likeness (QED) is 0.626. The second kappa shape index (κ2) is 7.24. The van der Waals surface area contributed by atoms with Crippen LogP contribution in [0.2, 0.25) is 0 Å². The van der Waals surface area contributed by atoms with E-state index in [4.69, 9.17) is 15.2 Å². The van der Waals surface area contributed by atoms with E-state index >= 15 is 0 Å². The summed E-state index contributed by atoms with van der Waals surface area (Å²) in [4.78, 5) is 27.5. The SMILES string of the molecule is Cc1ccc(C(=O)OC[C@H]2O[C@@H](n3ccc(N)nc3=O)[C@H](O)[C@@H]2O)cc1. The van der Waals surface area contributed by atoms with Gasteiger partial charge in [0.2, 0.25) is 0 Å². The van der Waals surface area contributed by atoms with Crippen molar-refractivity contribution in [2.75, 3.05) is 12.3 Å². The van der Waals surface area contributed by atoms with Crippen LogP contribution in [0.3, 0.4) is 0 Å². The Labute approximate surface area is 148 Å². The third-order valence-corrected chi connectivity index (χ3v) is 4.13. The molecule has 1 aromatic heterocycles. The highest BCUT2D eigenvalue weighted by atomic mass is 16.6. The average Bonchev–Trinajstić information content (AvgIpc) is 2.88. The van der Waals surface area contributed by atoms with Gasteiger partial charge < -0.3 is 25.4 Å². The predicted molar refractivity (Wildman–Crippen MR) is 90.3 cm³/mol. The van der Waals surface area contributed by atoms with E-state index in [2.05, 4.69) is 4.98 Å². The number of carbonyl (C=O) groups excluding carboxylic acids is 1. The number of benzene rings is 1. The fourth-order valence-corrected chi connectivity index (χ4v) is 2.65. The van der Waals surface area contributed by atoms with Gasteiger partial charge in [0.1, 0.15) is 30.7 Å². The van der Waals surface area contributed by atoms with Crippen molar-refractivity contribution in [1.82, 2.24) is 9.55 Å². The van der Waals surface area contributed by atoms with Crippen LogP contribution in [0.1, 0.15) is 22.1 Å². The van der Waals surface area contributed by atoms with Crippen LogP contribution in [0.5, 0.6) is 0 Å². The predicted octanol–water partition coefficient (Wildman–Crippen LogP) is -0.390. The van der Waals surface area contributed by atoms with E-state index in [1.54, 1.807) is 24.3 Å². The molecule has 0 bridgehead atoms. The van der Waals surface area contributed by atoms with E-state index < -0.39 is 36.2 Å². The van der Waals surface area contributed by atoms with E-state index in [9.17, 15) is 19.8 Å². The number of aliphatic hydroxyl groups is 2. The number of aryl methyl sites for hydroxylation is 1. The molecule has 2 aromatic rings. The normalized spacial score (nSPS) is 25.2. The number of aliphatic hydroxyl groups excluding tert-OH is 2. The van der Waals surface area contributed by atoms with E-state index in [0.717, 1.165) is 10.1 Å². The third kappa shape index (κ3) is 3.59. The molecule has 0 saturated carbocycles. The molecular formula is C17H19N3O6. The molecule has 2 heterocycles. The maximum Gasteiger partial charge on any atom is 0.351 e. The highest BCUT2D eigenvalue weighted by Crippen LogP contribution is 2.28. The van der Waals surface area contributed by atoms with Crippen LogP contribution >= 0.6 is 0 Å². The monoisotopic (exact) mass is 361 g/mol. The van der Waals surface area contributed by atoms with Gasteiger partial charge in [-0.1, -0.05) is 17.7 Å². The van der Waals surface area contributed by atoms with Crippen molar-refractivity contribution in [2.45, 2.75) is 31.5 Å². The molecule has 4 N–H and O–H groups in total. The Hall–Kier alpha value is -2.75. The van der Waals surface area contributed by atoms with Gasteiger partial charge in [-0.25, -0.2) is 9.59 Å². The third-order valence-electron chi connectivity index (χ3n) is 4.13. The standard InChI is InChI=1S/C17H19N3O6/c1-9-2-4-10(5-3-9)16(23)25-8-11-13(21)14(22)15(26-11)20-7-6-12(18)19-17(20)24/h2-7,11,13-15,21-22H,8H2,1H3,(H2,18,19,24)/t11-,13-,14-,15-/m1/s1. The molecule has 0 aliphatic carbocycles. The molecule has 1 aliphatic heterocycles. The van der Waals surface area contributed by atoms with Crippen molar-refractivity contribution in [3.63, 3.8) is 0 Å². The number of nitrogens with zero attached hydrogens (tertiary/aromatic N) is 2. The van der Waals surface area contributed by atoms with Crippen LogP contribution in [-0.2, 0) is 9.47 Å². The second-order valence-electron chi connectivity index (χ2n) is 6.05. The molecule has 1 aliphatic rings. The van der Waals surface area contributed by atoms with Crippen molar-refractivity contribution in [3.05, 3.63) is 58.1 Å². The molecule has 3 rings (SSSR count). The number of esters is 1. The molecular weight excluding hydrogens is 342 g/mol. The summed E-state index contributed by atoms with van der Waals surface area (Å²) in [5.41, 5.74) is 6.07. The van der Waals surface area contributed by atoms with Crippen LogP contribution in [0.4, 0.5) is 5.82 Å². The summed E-state index contributed by atoms with van der Waals surface area (Å²) in [6.07, 6.45) is -3.56. The van der Waals surface area contributed by atoms with Gasteiger partial charge in [0.15, 0.2) is 6.23 Å². The summed E-state index contributed by atoms with van der Waals surface area (Å²) in [5, 5.41) is 20.3. The highest BCUT2D eigenvalue weighted by Gasteiger charge is 2.44. The van der Waals surface area contributed by atoms with Crippen molar-refractivity contribution in [1.29, 1.82) is 0 Å². The summed E-state index contributed by atoms with van der Waals surface area (Å²) < 4.78 is 11.7. The first-order chi connectivity index (χ1) is 12.4. The molecule has 138 valence electrons. The lowest BCUT2D eigenvalue weighted by Gasteiger charge is -2.16. The maximum atomic E-state index is 12.0. The number of ether oxygens (including phenoxy) is 2. The molecule has 26 heavy (non-hydrogen) atoms. The van der Waals surface area contributed by atoms with Crippen LogP contribution in [0, 0.1) is 6.92 Å². The van der Waals surface area contributed by atoms with E-state index in [1.165, 1.54) is 12.3 Å². The number of carbonyl (C=O) groups is 1. The van der Waals surface area contributed by atoms with E-state index in [-0.39, 0.29) is 12.4 Å². The van der Waals surface area contributed by atoms with Gasteiger partial charge in [0, 0.05) is 6.20 Å². The Morgan fingerprint density at radius 3 is 2.62 bits per heavy atom. The molecule has 4 atom stereocenters. The molecule has 0 radical (unpaired) electrons. The Bertz CT molecular complexity index is 850. The Morgan fingerprint density at radius 2 is 1.96 bits per heavy atom. The lowest BCUT2D eigenvalue weighted by atomic mass is 10.1. The summed E-state index contributed by atoms with van der Waals surface area (Å²) >= 11 is 0. The first kappa shape index (κ1) is 18.1. The molecule has 1 saturated heterocycles. The Balaban J connectivity index is 1.67. The van der Waals surface area contributed by atoms with Gasteiger partial charge in [-0.3, -0.25) is 4.57 Å². The number of hydrogen-bond donors (Lipinski definition) is 3. The van der Waals surface area contributed by atoms with Crippen molar-refractivity contribution < 1.29 is 24.5 Å². The van der Waals surface area contributed by atoms with Gasteiger partial charge in [-0.05, 0) is 25.1 Å². The molecule has 1 fully saturated rings. The number of nitrogen functional groups attached to an aromatic ring is 1. The average molecular weight is 361 g/mol.